The monoisotopic (exact) mass is 297 g/mol. The second-order valence-electron chi connectivity index (χ2n) is 5.80. The number of likely N-dealkylation sites (tertiary alicyclic amines) is 1. The number of nitrogens with zero attached hydrogens (tertiary/aromatic N) is 1. The Kier molecular flexibility index (Phi) is 4.55. The molecule has 1 fully saturated rings. The van der Waals surface area contributed by atoms with Gasteiger partial charge in [-0.3, -0.25) is 4.90 Å². The van der Waals surface area contributed by atoms with Crippen molar-refractivity contribution < 1.29 is 32.6 Å². The van der Waals surface area contributed by atoms with Crippen LogP contribution in [0.4, 0.5) is 18.0 Å². The first-order valence-corrected chi connectivity index (χ1v) is 6.21. The molecule has 1 saturated heterocycles. The molecule has 0 spiro atoms. The maximum atomic E-state index is 12.7. The van der Waals surface area contributed by atoms with E-state index in [1.165, 1.54) is 0 Å². The van der Waals surface area contributed by atoms with Gasteiger partial charge < -0.3 is 9.84 Å². The number of amides is 1. The lowest BCUT2D eigenvalue weighted by molar-refractivity contribution is -0.191. The topological polar surface area (TPSA) is 66.8 Å². The highest BCUT2D eigenvalue weighted by Crippen LogP contribution is 2.35. The summed E-state index contributed by atoms with van der Waals surface area (Å²) in [6.07, 6.45) is -6.03. The molecule has 0 aromatic heterocycles. The lowest BCUT2D eigenvalue weighted by Gasteiger charge is -2.38. The number of aliphatic carboxylic acids is 1. The number of ether oxygens (including phenoxy) is 1. The van der Waals surface area contributed by atoms with Crippen LogP contribution in [0.5, 0.6) is 0 Å². The summed E-state index contributed by atoms with van der Waals surface area (Å²) >= 11 is 0. The summed E-state index contributed by atoms with van der Waals surface area (Å²) in [6.45, 7) is 4.00. The van der Waals surface area contributed by atoms with Crippen molar-refractivity contribution in [3.05, 3.63) is 0 Å². The molecule has 1 N–H and O–H groups in total. The van der Waals surface area contributed by atoms with E-state index < -0.39 is 42.3 Å². The Balaban J connectivity index is 2.89. The third-order valence-electron chi connectivity index (χ3n) is 2.96. The van der Waals surface area contributed by atoms with Crippen molar-refractivity contribution in [1.29, 1.82) is 0 Å². The van der Waals surface area contributed by atoms with Gasteiger partial charge in [-0.15, -0.1) is 0 Å². The van der Waals surface area contributed by atoms with E-state index in [1.54, 1.807) is 20.8 Å². The normalized spacial score (nSPS) is 24.4. The van der Waals surface area contributed by atoms with Gasteiger partial charge >= 0.3 is 18.2 Å². The van der Waals surface area contributed by atoms with Gasteiger partial charge in [-0.1, -0.05) is 0 Å². The third kappa shape index (κ3) is 4.28. The van der Waals surface area contributed by atoms with Crippen LogP contribution in [-0.4, -0.2) is 46.4 Å². The smallest absolute Gasteiger partial charge is 0.411 e. The van der Waals surface area contributed by atoms with Crippen LogP contribution in [0.3, 0.4) is 0 Å². The van der Waals surface area contributed by atoms with E-state index in [4.69, 9.17) is 9.84 Å². The summed E-state index contributed by atoms with van der Waals surface area (Å²) in [6, 6.07) is -1.27. The maximum absolute atomic E-state index is 12.7. The first kappa shape index (κ1) is 16.6. The number of carbonyl (C=O) groups is 2. The van der Waals surface area contributed by atoms with Gasteiger partial charge in [-0.05, 0) is 33.6 Å². The standard InChI is InChI=1S/C12H18F3NO4/c1-11(2,3)20-10(19)16-6-7(12(13,14)15)4-5-8(16)9(17)18/h7-8H,4-6H2,1-3H3,(H,17,18)/t7-,8-/m0/s1. The summed E-state index contributed by atoms with van der Waals surface area (Å²) < 4.78 is 43.1. The van der Waals surface area contributed by atoms with Gasteiger partial charge in [0.2, 0.25) is 0 Å². The Morgan fingerprint density at radius 1 is 1.20 bits per heavy atom. The molecule has 0 radical (unpaired) electrons. The van der Waals surface area contributed by atoms with Crippen LogP contribution in [0.25, 0.3) is 0 Å². The maximum Gasteiger partial charge on any atom is 0.411 e. The minimum atomic E-state index is -4.45. The molecule has 1 rings (SSSR count). The number of rotatable bonds is 1. The highest BCUT2D eigenvalue weighted by molar-refractivity contribution is 5.80. The molecule has 1 heterocycles. The molecule has 0 aliphatic carbocycles. The molecule has 0 saturated carbocycles. The summed E-state index contributed by atoms with van der Waals surface area (Å²) in [5.41, 5.74) is -0.898. The SMILES string of the molecule is CC(C)(C)OC(=O)N1C[C@@H](C(F)(F)F)CC[C@H]1C(=O)O. The molecule has 1 aliphatic rings. The fraction of sp³-hybridized carbons (Fsp3) is 0.833. The van der Waals surface area contributed by atoms with Crippen molar-refractivity contribution >= 4 is 12.1 Å². The van der Waals surface area contributed by atoms with Crippen LogP contribution in [0, 0.1) is 5.92 Å². The zero-order valence-electron chi connectivity index (χ0n) is 11.5. The van der Waals surface area contributed by atoms with Crippen LogP contribution in [0.1, 0.15) is 33.6 Å². The Morgan fingerprint density at radius 2 is 1.75 bits per heavy atom. The van der Waals surface area contributed by atoms with E-state index in [-0.39, 0.29) is 12.8 Å². The van der Waals surface area contributed by atoms with Crippen molar-refractivity contribution in [1.82, 2.24) is 4.90 Å². The first-order valence-electron chi connectivity index (χ1n) is 6.21. The largest absolute Gasteiger partial charge is 0.480 e. The second kappa shape index (κ2) is 5.49. The fourth-order valence-corrected chi connectivity index (χ4v) is 2.02. The van der Waals surface area contributed by atoms with E-state index in [2.05, 4.69) is 0 Å². The van der Waals surface area contributed by atoms with Gasteiger partial charge in [0.05, 0.1) is 5.92 Å². The van der Waals surface area contributed by atoms with E-state index >= 15 is 0 Å². The van der Waals surface area contributed by atoms with Gasteiger partial charge in [-0.25, -0.2) is 9.59 Å². The predicted octanol–water partition coefficient (Wildman–Crippen LogP) is 2.65. The Bertz CT molecular complexity index is 389. The number of halogens is 3. The molecule has 0 unspecified atom stereocenters. The van der Waals surface area contributed by atoms with E-state index in [1.807, 2.05) is 0 Å². The van der Waals surface area contributed by atoms with Gasteiger partial charge in [0.15, 0.2) is 0 Å². The van der Waals surface area contributed by atoms with Crippen LogP contribution >= 0.6 is 0 Å². The molecule has 5 nitrogen and oxygen atoms in total. The number of carboxylic acids is 1. The predicted molar refractivity (Wildman–Crippen MR) is 63.1 cm³/mol. The second-order valence-corrected chi connectivity index (χ2v) is 5.80. The number of hydrogen-bond acceptors (Lipinski definition) is 3. The first-order chi connectivity index (χ1) is 8.92. The van der Waals surface area contributed by atoms with Gasteiger partial charge in [0, 0.05) is 6.54 Å². The van der Waals surface area contributed by atoms with Gasteiger partial charge in [0.1, 0.15) is 11.6 Å². The average Bonchev–Trinajstić information content (AvgIpc) is 2.24. The lowest BCUT2D eigenvalue weighted by Crippen LogP contribution is -2.54. The van der Waals surface area contributed by atoms with Crippen molar-refractivity contribution in [2.45, 2.75) is 51.4 Å². The van der Waals surface area contributed by atoms with E-state index in [0.717, 1.165) is 0 Å². The van der Waals surface area contributed by atoms with Crippen molar-refractivity contribution in [2.24, 2.45) is 5.92 Å². The lowest BCUT2D eigenvalue weighted by atomic mass is 9.92. The molecule has 0 bridgehead atoms. The van der Waals surface area contributed by atoms with Crippen molar-refractivity contribution in [3.8, 4) is 0 Å². The molecular formula is C12H18F3NO4. The minimum absolute atomic E-state index is 0.237. The Labute approximate surface area is 114 Å². The third-order valence-corrected chi connectivity index (χ3v) is 2.96. The molecule has 1 amide bonds. The van der Waals surface area contributed by atoms with Crippen molar-refractivity contribution in [2.75, 3.05) is 6.54 Å². The molecule has 0 aromatic rings. The Morgan fingerprint density at radius 3 is 2.15 bits per heavy atom. The van der Waals surface area contributed by atoms with Crippen LogP contribution in [0.15, 0.2) is 0 Å². The van der Waals surface area contributed by atoms with Crippen LogP contribution < -0.4 is 0 Å². The van der Waals surface area contributed by atoms with Crippen molar-refractivity contribution in [3.63, 3.8) is 0 Å². The molecule has 20 heavy (non-hydrogen) atoms. The highest BCUT2D eigenvalue weighted by Gasteiger charge is 2.47. The van der Waals surface area contributed by atoms with Crippen LogP contribution in [0.2, 0.25) is 0 Å². The van der Waals surface area contributed by atoms with E-state index in [9.17, 15) is 22.8 Å². The molecule has 0 aromatic carbocycles. The number of hydrogen-bond donors (Lipinski definition) is 1. The van der Waals surface area contributed by atoms with E-state index in [0.29, 0.717) is 4.90 Å². The minimum Gasteiger partial charge on any atom is -0.480 e. The highest BCUT2D eigenvalue weighted by atomic mass is 19.4. The zero-order valence-corrected chi connectivity index (χ0v) is 11.5. The summed E-state index contributed by atoms with van der Waals surface area (Å²) in [5.74, 6) is -3.04. The molecule has 8 heteroatoms. The number of carbonyl (C=O) groups excluding carboxylic acids is 1. The molecular weight excluding hydrogens is 279 g/mol. The van der Waals surface area contributed by atoms with Crippen LogP contribution in [-0.2, 0) is 9.53 Å². The number of carboxylic acid groups (broad SMARTS) is 1. The fourth-order valence-electron chi connectivity index (χ4n) is 2.02. The average molecular weight is 297 g/mol. The number of piperidine rings is 1. The summed E-state index contributed by atoms with van der Waals surface area (Å²) in [5, 5.41) is 9.01. The van der Waals surface area contributed by atoms with Gasteiger partial charge in [-0.2, -0.15) is 13.2 Å². The summed E-state index contributed by atoms with van der Waals surface area (Å²) in [4.78, 5) is 23.6. The summed E-state index contributed by atoms with van der Waals surface area (Å²) in [7, 11) is 0. The quantitative estimate of drug-likeness (QED) is 0.808. The Hall–Kier alpha value is -1.47. The molecule has 1 aliphatic heterocycles. The zero-order chi connectivity index (χ0) is 15.7. The molecule has 116 valence electrons. The molecule has 2 atom stereocenters. The van der Waals surface area contributed by atoms with Gasteiger partial charge in [0.25, 0.3) is 0 Å². The number of alkyl halides is 3.